The van der Waals surface area contributed by atoms with Crippen LogP contribution >= 0.6 is 0 Å². The van der Waals surface area contributed by atoms with E-state index >= 15 is 0 Å². The van der Waals surface area contributed by atoms with Crippen molar-refractivity contribution in [3.05, 3.63) is 0 Å². The van der Waals surface area contributed by atoms with Gasteiger partial charge in [-0.05, 0) is 12.8 Å². The van der Waals surface area contributed by atoms with E-state index in [0.717, 1.165) is 12.8 Å². The summed E-state index contributed by atoms with van der Waals surface area (Å²) in [6.45, 7) is 5.27. The Balaban J connectivity index is 2.67. The third-order valence-electron chi connectivity index (χ3n) is 2.20. The summed E-state index contributed by atoms with van der Waals surface area (Å²) in [7, 11) is 0. The third kappa shape index (κ3) is 2.72. The summed E-state index contributed by atoms with van der Waals surface area (Å²) in [5, 5.41) is 8.68. The zero-order valence-corrected chi connectivity index (χ0v) is 8.91. The summed E-state index contributed by atoms with van der Waals surface area (Å²) in [6.07, 6.45) is 1.88. The van der Waals surface area contributed by atoms with Crippen molar-refractivity contribution in [3.8, 4) is 0 Å². The highest BCUT2D eigenvalue weighted by Gasteiger charge is 2.38. The van der Waals surface area contributed by atoms with Gasteiger partial charge in [-0.25, -0.2) is 0 Å². The second-order valence-corrected chi connectivity index (χ2v) is 4.81. The van der Waals surface area contributed by atoms with E-state index in [2.05, 4.69) is 0 Å². The largest absolute Gasteiger partial charge is 0.480 e. The van der Waals surface area contributed by atoms with Crippen molar-refractivity contribution < 1.29 is 14.7 Å². The smallest absolute Gasteiger partial charge is 0.323 e. The van der Waals surface area contributed by atoms with Crippen LogP contribution in [0.3, 0.4) is 0 Å². The molecule has 0 heterocycles. The fraction of sp³-hybridized carbons (Fsp3) is 0.800. The molecule has 0 unspecified atom stereocenters. The number of nitrogens with zero attached hydrogens (tertiary/aromatic N) is 1. The lowest BCUT2D eigenvalue weighted by molar-refractivity contribution is -0.148. The molecule has 80 valence electrons. The van der Waals surface area contributed by atoms with Gasteiger partial charge >= 0.3 is 5.97 Å². The molecular weight excluding hydrogens is 182 g/mol. The van der Waals surface area contributed by atoms with Gasteiger partial charge in [0.25, 0.3) is 0 Å². The standard InChI is InChI=1S/C10H17NO3/c1-10(2,3)9(14)11(6-8(12)13)7-4-5-7/h7H,4-6H2,1-3H3,(H,12,13). The fourth-order valence-electron chi connectivity index (χ4n) is 1.33. The van der Waals surface area contributed by atoms with Crippen molar-refractivity contribution in [2.45, 2.75) is 39.7 Å². The number of hydrogen-bond donors (Lipinski definition) is 1. The molecule has 1 N–H and O–H groups in total. The number of carbonyl (C=O) groups excluding carboxylic acids is 1. The van der Waals surface area contributed by atoms with E-state index in [1.807, 2.05) is 20.8 Å². The summed E-state index contributed by atoms with van der Waals surface area (Å²) < 4.78 is 0. The molecular formula is C10H17NO3. The highest BCUT2D eigenvalue weighted by Crippen LogP contribution is 2.30. The maximum atomic E-state index is 11.8. The van der Waals surface area contributed by atoms with Gasteiger partial charge in [-0.1, -0.05) is 20.8 Å². The average molecular weight is 199 g/mol. The van der Waals surface area contributed by atoms with Crippen molar-refractivity contribution in [2.24, 2.45) is 5.41 Å². The van der Waals surface area contributed by atoms with Gasteiger partial charge in [-0.2, -0.15) is 0 Å². The summed E-state index contributed by atoms with van der Waals surface area (Å²) in [6, 6.07) is 0.165. The third-order valence-corrected chi connectivity index (χ3v) is 2.20. The van der Waals surface area contributed by atoms with Gasteiger partial charge < -0.3 is 10.0 Å². The molecule has 0 aliphatic heterocycles. The number of carboxylic acids is 1. The van der Waals surface area contributed by atoms with Crippen LogP contribution in [0.25, 0.3) is 0 Å². The first kappa shape index (κ1) is 11.0. The van der Waals surface area contributed by atoms with Crippen LogP contribution in [0.1, 0.15) is 33.6 Å². The topological polar surface area (TPSA) is 57.6 Å². The van der Waals surface area contributed by atoms with Gasteiger partial charge in [0, 0.05) is 11.5 Å². The van der Waals surface area contributed by atoms with Crippen LogP contribution in [0.2, 0.25) is 0 Å². The Morgan fingerprint density at radius 2 is 1.86 bits per heavy atom. The van der Waals surface area contributed by atoms with Crippen molar-refractivity contribution in [1.29, 1.82) is 0 Å². The molecule has 0 atom stereocenters. The van der Waals surface area contributed by atoms with Crippen LogP contribution in [0.15, 0.2) is 0 Å². The number of aliphatic carboxylic acids is 1. The molecule has 0 aromatic carbocycles. The molecule has 0 aromatic rings. The molecule has 0 radical (unpaired) electrons. The maximum absolute atomic E-state index is 11.8. The Bertz CT molecular complexity index is 251. The van der Waals surface area contributed by atoms with Crippen LogP contribution in [0.5, 0.6) is 0 Å². The van der Waals surface area contributed by atoms with Crippen LogP contribution in [0, 0.1) is 5.41 Å². The molecule has 1 rings (SSSR count). The zero-order chi connectivity index (χ0) is 10.9. The Hall–Kier alpha value is -1.06. The van der Waals surface area contributed by atoms with Gasteiger partial charge in [0.15, 0.2) is 0 Å². The van der Waals surface area contributed by atoms with E-state index in [1.165, 1.54) is 4.90 Å². The summed E-state index contributed by atoms with van der Waals surface area (Å²) in [5.74, 6) is -1.00. The van der Waals surface area contributed by atoms with Crippen LogP contribution in [-0.4, -0.2) is 34.5 Å². The maximum Gasteiger partial charge on any atom is 0.323 e. The van der Waals surface area contributed by atoms with E-state index in [9.17, 15) is 9.59 Å². The fourth-order valence-corrected chi connectivity index (χ4v) is 1.33. The van der Waals surface area contributed by atoms with Crippen LogP contribution < -0.4 is 0 Å². The van der Waals surface area contributed by atoms with E-state index in [0.29, 0.717) is 0 Å². The Kier molecular flexibility index (Phi) is 2.83. The Morgan fingerprint density at radius 3 is 2.14 bits per heavy atom. The molecule has 14 heavy (non-hydrogen) atoms. The minimum absolute atomic E-state index is 0.0672. The normalized spacial score (nSPS) is 16.5. The number of amides is 1. The number of carbonyl (C=O) groups is 2. The number of carboxylic acid groups (broad SMARTS) is 1. The van der Waals surface area contributed by atoms with Gasteiger partial charge in [-0.3, -0.25) is 9.59 Å². The SMILES string of the molecule is CC(C)(C)C(=O)N(CC(=O)O)C1CC1. The van der Waals surface area contributed by atoms with Crippen molar-refractivity contribution in [2.75, 3.05) is 6.54 Å². The van der Waals surface area contributed by atoms with Gasteiger partial charge in [0.05, 0.1) is 0 Å². The minimum Gasteiger partial charge on any atom is -0.480 e. The highest BCUT2D eigenvalue weighted by atomic mass is 16.4. The van der Waals surface area contributed by atoms with Crippen molar-refractivity contribution >= 4 is 11.9 Å². The molecule has 4 nitrogen and oxygen atoms in total. The summed E-state index contributed by atoms with van der Waals surface area (Å²) >= 11 is 0. The van der Waals surface area contributed by atoms with Crippen molar-refractivity contribution in [3.63, 3.8) is 0 Å². The first-order valence-corrected chi connectivity index (χ1v) is 4.85. The zero-order valence-electron chi connectivity index (χ0n) is 8.91. The van der Waals surface area contributed by atoms with Crippen LogP contribution in [0.4, 0.5) is 0 Å². The number of rotatable bonds is 3. The molecule has 1 aliphatic rings. The summed E-state index contributed by atoms with van der Waals surface area (Å²) in [5.41, 5.74) is -0.488. The predicted octanol–water partition coefficient (Wildman–Crippen LogP) is 1.11. The predicted molar refractivity (Wildman–Crippen MR) is 51.8 cm³/mol. The van der Waals surface area contributed by atoms with Crippen LogP contribution in [-0.2, 0) is 9.59 Å². The second kappa shape index (κ2) is 3.59. The molecule has 4 heteroatoms. The monoisotopic (exact) mass is 199 g/mol. The van der Waals surface area contributed by atoms with Crippen molar-refractivity contribution in [1.82, 2.24) is 4.90 Å². The lowest BCUT2D eigenvalue weighted by Gasteiger charge is -2.28. The Labute approximate surface area is 83.9 Å². The van der Waals surface area contributed by atoms with E-state index in [4.69, 9.17) is 5.11 Å². The lowest BCUT2D eigenvalue weighted by atomic mass is 9.94. The molecule has 1 fully saturated rings. The first-order valence-electron chi connectivity index (χ1n) is 4.85. The van der Waals surface area contributed by atoms with E-state index in [1.54, 1.807) is 0 Å². The average Bonchev–Trinajstić information content (AvgIpc) is 2.79. The lowest BCUT2D eigenvalue weighted by Crippen LogP contribution is -2.43. The van der Waals surface area contributed by atoms with E-state index < -0.39 is 11.4 Å². The summed E-state index contributed by atoms with van der Waals surface area (Å²) in [4.78, 5) is 23.9. The van der Waals surface area contributed by atoms with Gasteiger partial charge in [0.1, 0.15) is 6.54 Å². The molecule has 1 aliphatic carbocycles. The van der Waals surface area contributed by atoms with Gasteiger partial charge in [0.2, 0.25) is 5.91 Å². The molecule has 1 amide bonds. The molecule has 0 aromatic heterocycles. The van der Waals surface area contributed by atoms with Gasteiger partial charge in [-0.15, -0.1) is 0 Å². The molecule has 0 spiro atoms. The Morgan fingerprint density at radius 1 is 1.36 bits per heavy atom. The van der Waals surface area contributed by atoms with E-state index in [-0.39, 0.29) is 18.5 Å². The molecule has 0 bridgehead atoms. The second-order valence-electron chi connectivity index (χ2n) is 4.81. The first-order chi connectivity index (χ1) is 6.32. The minimum atomic E-state index is -0.936. The molecule has 0 saturated heterocycles. The molecule has 1 saturated carbocycles. The number of hydrogen-bond acceptors (Lipinski definition) is 2. The highest BCUT2D eigenvalue weighted by molar-refractivity contribution is 5.85. The quantitative estimate of drug-likeness (QED) is 0.740.